The molecule has 162 valence electrons. The summed E-state index contributed by atoms with van der Waals surface area (Å²) in [6.07, 6.45) is 1.05. The van der Waals surface area contributed by atoms with Crippen LogP contribution in [-0.4, -0.2) is 10.3 Å². The third kappa shape index (κ3) is 8.93. The van der Waals surface area contributed by atoms with Crippen LogP contribution < -0.4 is 0 Å². The number of rotatable bonds is 8. The van der Waals surface area contributed by atoms with Crippen molar-refractivity contribution in [1.82, 2.24) is 0 Å². The summed E-state index contributed by atoms with van der Waals surface area (Å²) in [5, 5.41) is 0. The maximum atomic E-state index is 11.9. The van der Waals surface area contributed by atoms with E-state index in [0.29, 0.717) is 24.3 Å². The summed E-state index contributed by atoms with van der Waals surface area (Å²) in [6, 6.07) is 39.7. The van der Waals surface area contributed by atoms with Gasteiger partial charge in [-0.15, -0.1) is 0 Å². The van der Waals surface area contributed by atoms with Crippen LogP contribution in [0.2, 0.25) is 0 Å². The summed E-state index contributed by atoms with van der Waals surface area (Å²) < 4.78 is 11.9. The highest BCUT2D eigenvalue weighted by Gasteiger charge is 2.08. The van der Waals surface area contributed by atoms with Gasteiger partial charge < -0.3 is 4.55 Å². The Labute approximate surface area is 194 Å². The highest BCUT2D eigenvalue weighted by molar-refractivity contribution is 7.89. The Balaban J connectivity index is 0.000000181. The number of ketones is 1. The molecule has 0 aliphatic carbocycles. The molecule has 0 aromatic heterocycles. The van der Waals surface area contributed by atoms with Gasteiger partial charge in [0.1, 0.15) is 17.3 Å². The Morgan fingerprint density at radius 3 is 1.09 bits per heavy atom. The molecule has 0 spiro atoms. The van der Waals surface area contributed by atoms with E-state index in [9.17, 15) is 9.35 Å². The van der Waals surface area contributed by atoms with Crippen molar-refractivity contribution in [2.24, 2.45) is 0 Å². The van der Waals surface area contributed by atoms with Crippen molar-refractivity contribution in [1.29, 1.82) is 0 Å². The van der Waals surface area contributed by atoms with Gasteiger partial charge in [0.15, 0.2) is 0 Å². The lowest BCUT2D eigenvalue weighted by Gasteiger charge is -2.10. The van der Waals surface area contributed by atoms with Gasteiger partial charge in [-0.25, -0.2) is 0 Å². The first kappa shape index (κ1) is 23.5. The maximum absolute atomic E-state index is 11.9. The molecule has 0 fully saturated rings. The monoisotopic (exact) mass is 440 g/mol. The van der Waals surface area contributed by atoms with Crippen molar-refractivity contribution in [3.8, 4) is 0 Å². The molecule has 3 heteroatoms. The number of hydrogen-bond donors (Lipinski definition) is 0. The second kappa shape index (κ2) is 13.3. The fourth-order valence-corrected chi connectivity index (χ4v) is 4.51. The molecule has 0 radical (unpaired) electrons. The van der Waals surface area contributed by atoms with E-state index < -0.39 is 11.2 Å². The second-order valence-corrected chi connectivity index (χ2v) is 9.02. The van der Waals surface area contributed by atoms with Crippen LogP contribution in [0, 0.1) is 0 Å². The van der Waals surface area contributed by atoms with Crippen LogP contribution in [0.15, 0.2) is 121 Å². The predicted molar refractivity (Wildman–Crippen MR) is 134 cm³/mol. The Morgan fingerprint density at radius 2 is 0.781 bits per heavy atom. The number of carbonyl (C=O) groups excluding carboxylic acids is 1. The zero-order chi connectivity index (χ0) is 22.4. The van der Waals surface area contributed by atoms with E-state index in [2.05, 4.69) is 0 Å². The van der Waals surface area contributed by atoms with Crippen LogP contribution in [0.1, 0.15) is 22.3 Å². The lowest BCUT2D eigenvalue weighted by atomic mass is 10.0. The van der Waals surface area contributed by atoms with Crippen LogP contribution in [-0.2, 0) is 40.3 Å². The van der Waals surface area contributed by atoms with Crippen LogP contribution in [0.25, 0.3) is 0 Å². The lowest BCUT2D eigenvalue weighted by Crippen LogP contribution is -2.07. The van der Waals surface area contributed by atoms with E-state index in [1.54, 1.807) is 0 Å². The van der Waals surface area contributed by atoms with Gasteiger partial charge in [0, 0.05) is 24.0 Å². The van der Waals surface area contributed by atoms with Gasteiger partial charge in [0.05, 0.1) is 0 Å². The molecule has 4 rings (SSSR count). The Kier molecular flexibility index (Phi) is 9.78. The molecule has 0 bridgehead atoms. The SMILES string of the molecule is O=C(Cc1ccccc1)Cc1ccccc1.[O-][S+](Cc1ccccc1)Cc1ccccc1. The molecule has 0 aliphatic heterocycles. The van der Waals surface area contributed by atoms with Gasteiger partial charge in [-0.3, -0.25) is 4.79 Å². The van der Waals surface area contributed by atoms with E-state index >= 15 is 0 Å². The van der Waals surface area contributed by atoms with Gasteiger partial charge >= 0.3 is 0 Å². The summed E-state index contributed by atoms with van der Waals surface area (Å²) in [5.74, 6) is 1.53. The average molecular weight is 441 g/mol. The molecule has 0 N–H and O–H groups in total. The topological polar surface area (TPSA) is 40.1 Å². The average Bonchev–Trinajstić information content (AvgIpc) is 2.82. The molecule has 0 heterocycles. The first-order valence-electron chi connectivity index (χ1n) is 10.7. The van der Waals surface area contributed by atoms with Gasteiger partial charge in [0.2, 0.25) is 0 Å². The molecule has 0 unspecified atom stereocenters. The number of hydrogen-bond acceptors (Lipinski definition) is 2. The molecule has 0 saturated heterocycles. The maximum Gasteiger partial charge on any atom is 0.141 e. The van der Waals surface area contributed by atoms with Crippen molar-refractivity contribution < 1.29 is 9.35 Å². The molecule has 0 saturated carbocycles. The molecule has 2 nitrogen and oxygen atoms in total. The molecule has 4 aromatic carbocycles. The summed E-state index contributed by atoms with van der Waals surface area (Å²) in [6.45, 7) is 0. The fraction of sp³-hybridized carbons (Fsp3) is 0.138. The largest absolute Gasteiger partial charge is 0.616 e. The van der Waals surface area contributed by atoms with Gasteiger partial charge in [-0.2, -0.15) is 0 Å². The van der Waals surface area contributed by atoms with Crippen LogP contribution in [0.5, 0.6) is 0 Å². The summed E-state index contributed by atoms with van der Waals surface area (Å²) in [5.41, 5.74) is 4.44. The van der Waals surface area contributed by atoms with Crippen molar-refractivity contribution in [3.63, 3.8) is 0 Å². The molecule has 0 aliphatic rings. The van der Waals surface area contributed by atoms with E-state index in [-0.39, 0.29) is 5.78 Å². The van der Waals surface area contributed by atoms with Crippen molar-refractivity contribution >= 4 is 17.0 Å². The minimum atomic E-state index is -0.822. The first-order valence-corrected chi connectivity index (χ1v) is 12.2. The minimum Gasteiger partial charge on any atom is -0.616 e. The normalized spacial score (nSPS) is 10.3. The zero-order valence-electron chi connectivity index (χ0n) is 18.1. The standard InChI is InChI=1S/C15H14O.C14H14OS/c16-15(11-13-7-3-1-4-8-13)12-14-9-5-2-6-10-14;15-16(11-13-7-3-1-4-8-13)12-14-9-5-2-6-10-14/h2*1-10H,11-12H2. The second-order valence-electron chi connectivity index (χ2n) is 7.56. The number of carbonyl (C=O) groups is 1. The van der Waals surface area contributed by atoms with Gasteiger partial charge in [0.25, 0.3) is 0 Å². The lowest BCUT2D eigenvalue weighted by molar-refractivity contribution is -0.117. The van der Waals surface area contributed by atoms with E-state index in [0.717, 1.165) is 22.3 Å². The van der Waals surface area contributed by atoms with E-state index in [1.807, 2.05) is 121 Å². The Morgan fingerprint density at radius 1 is 0.500 bits per heavy atom. The molecule has 4 aromatic rings. The smallest absolute Gasteiger partial charge is 0.141 e. The summed E-state index contributed by atoms with van der Waals surface area (Å²) in [4.78, 5) is 11.8. The van der Waals surface area contributed by atoms with Crippen molar-refractivity contribution in [2.75, 3.05) is 0 Å². The predicted octanol–water partition coefficient (Wildman–Crippen LogP) is 6.18. The highest BCUT2D eigenvalue weighted by atomic mass is 32.2. The quantitative estimate of drug-likeness (QED) is 0.307. The summed E-state index contributed by atoms with van der Waals surface area (Å²) >= 11 is -0.822. The Bertz CT molecular complexity index is 951. The third-order valence-corrected chi connectivity index (χ3v) is 6.14. The molecular weight excluding hydrogens is 412 g/mol. The van der Waals surface area contributed by atoms with Crippen molar-refractivity contribution in [2.45, 2.75) is 24.3 Å². The fourth-order valence-electron chi connectivity index (χ4n) is 3.28. The van der Waals surface area contributed by atoms with Crippen LogP contribution in [0.3, 0.4) is 0 Å². The minimum absolute atomic E-state index is 0.261. The van der Waals surface area contributed by atoms with Gasteiger partial charge in [-0.1, -0.05) is 121 Å². The highest BCUT2D eigenvalue weighted by Crippen LogP contribution is 2.12. The molecule has 0 amide bonds. The number of benzene rings is 4. The summed E-state index contributed by atoms with van der Waals surface area (Å²) in [7, 11) is 0. The number of Topliss-reactive ketones (excluding diaryl/α,β-unsaturated/α-hetero) is 1. The van der Waals surface area contributed by atoms with Crippen LogP contribution in [0.4, 0.5) is 0 Å². The molecule has 0 atom stereocenters. The zero-order valence-corrected chi connectivity index (χ0v) is 18.9. The van der Waals surface area contributed by atoms with Crippen molar-refractivity contribution in [3.05, 3.63) is 144 Å². The third-order valence-electron chi connectivity index (χ3n) is 4.83. The van der Waals surface area contributed by atoms with E-state index in [1.165, 1.54) is 0 Å². The first-order chi connectivity index (χ1) is 15.7. The van der Waals surface area contributed by atoms with Crippen LogP contribution >= 0.6 is 0 Å². The molecule has 32 heavy (non-hydrogen) atoms. The Hall–Kier alpha value is -3.14. The van der Waals surface area contributed by atoms with Gasteiger partial charge in [-0.05, 0) is 22.3 Å². The molecular formula is C29H28O2S. The van der Waals surface area contributed by atoms with E-state index in [4.69, 9.17) is 0 Å².